The first-order valence-corrected chi connectivity index (χ1v) is 5.13. The quantitative estimate of drug-likeness (QED) is 0.885. The van der Waals surface area contributed by atoms with Gasteiger partial charge in [-0.3, -0.25) is 0 Å². The molecule has 17 heavy (non-hydrogen) atoms. The highest BCUT2D eigenvalue weighted by Gasteiger charge is 2.11. The fourth-order valence-corrected chi connectivity index (χ4v) is 1.51. The van der Waals surface area contributed by atoms with E-state index in [2.05, 4.69) is 9.97 Å². The predicted octanol–water partition coefficient (Wildman–Crippen LogP) is 2.00. The van der Waals surface area contributed by atoms with E-state index < -0.39 is 17.7 Å². The number of nitrogens with zero attached hydrogens (tertiary/aromatic N) is 2. The monoisotopic (exact) mass is 235 g/mol. The van der Waals surface area contributed by atoms with Crippen LogP contribution in [0.1, 0.15) is 17.4 Å². The molecule has 0 radical (unpaired) electrons. The van der Waals surface area contributed by atoms with Crippen molar-refractivity contribution in [1.29, 1.82) is 0 Å². The van der Waals surface area contributed by atoms with Crippen molar-refractivity contribution < 1.29 is 8.78 Å². The number of halogens is 2. The maximum absolute atomic E-state index is 13.0. The van der Waals surface area contributed by atoms with Gasteiger partial charge in [0, 0.05) is 12.4 Å². The number of hydrogen-bond acceptors (Lipinski definition) is 3. The van der Waals surface area contributed by atoms with Gasteiger partial charge < -0.3 is 5.73 Å². The predicted molar refractivity (Wildman–Crippen MR) is 59.0 cm³/mol. The fourth-order valence-electron chi connectivity index (χ4n) is 1.51. The summed E-state index contributed by atoms with van der Waals surface area (Å²) in [6.07, 6.45) is 3.54. The minimum Gasteiger partial charge on any atom is -0.321 e. The Labute approximate surface area is 97.3 Å². The van der Waals surface area contributed by atoms with Crippen LogP contribution in [0.4, 0.5) is 8.78 Å². The molecule has 1 heterocycles. The highest BCUT2D eigenvalue weighted by Crippen LogP contribution is 2.14. The Morgan fingerprint density at radius 1 is 1.12 bits per heavy atom. The van der Waals surface area contributed by atoms with E-state index in [0.29, 0.717) is 17.8 Å². The molecule has 0 aliphatic carbocycles. The van der Waals surface area contributed by atoms with Gasteiger partial charge in [-0.1, -0.05) is 6.07 Å². The molecule has 1 atom stereocenters. The summed E-state index contributed by atoms with van der Waals surface area (Å²) in [5.41, 5.74) is 6.49. The van der Waals surface area contributed by atoms with E-state index in [-0.39, 0.29) is 0 Å². The van der Waals surface area contributed by atoms with Crippen molar-refractivity contribution in [3.63, 3.8) is 0 Å². The highest BCUT2D eigenvalue weighted by atomic mass is 19.2. The molecule has 2 aromatic rings. The lowest BCUT2D eigenvalue weighted by Crippen LogP contribution is -2.16. The molecule has 0 saturated carbocycles. The van der Waals surface area contributed by atoms with Gasteiger partial charge in [-0.2, -0.15) is 0 Å². The van der Waals surface area contributed by atoms with E-state index in [1.807, 2.05) is 0 Å². The highest BCUT2D eigenvalue weighted by molar-refractivity contribution is 5.19. The number of nitrogens with two attached hydrogens (primary N) is 1. The van der Waals surface area contributed by atoms with Gasteiger partial charge in [0.15, 0.2) is 11.6 Å². The Balaban J connectivity index is 2.13. The number of rotatable bonds is 3. The summed E-state index contributed by atoms with van der Waals surface area (Å²) in [4.78, 5) is 8.02. The first-order valence-electron chi connectivity index (χ1n) is 5.13. The molecule has 0 amide bonds. The third kappa shape index (κ3) is 2.82. The SMILES string of the molecule is NC(Cc1ccc(F)c(F)c1)c1ncccn1. The molecule has 0 saturated heterocycles. The molecule has 0 spiro atoms. The normalized spacial score (nSPS) is 12.4. The van der Waals surface area contributed by atoms with E-state index in [0.717, 1.165) is 12.1 Å². The summed E-state index contributed by atoms with van der Waals surface area (Å²) >= 11 is 0. The van der Waals surface area contributed by atoms with Gasteiger partial charge in [0.2, 0.25) is 0 Å². The zero-order chi connectivity index (χ0) is 12.3. The Bertz CT molecular complexity index is 502. The fraction of sp³-hybridized carbons (Fsp3) is 0.167. The summed E-state index contributed by atoms with van der Waals surface area (Å²) in [6, 6.07) is 4.98. The van der Waals surface area contributed by atoms with Gasteiger partial charge in [0.05, 0.1) is 6.04 Å². The Hall–Kier alpha value is -1.88. The van der Waals surface area contributed by atoms with Gasteiger partial charge in [-0.25, -0.2) is 18.7 Å². The van der Waals surface area contributed by atoms with Crippen LogP contribution in [-0.4, -0.2) is 9.97 Å². The molecule has 1 aromatic carbocycles. The van der Waals surface area contributed by atoms with Crippen LogP contribution in [0.3, 0.4) is 0 Å². The third-order valence-electron chi connectivity index (χ3n) is 2.36. The van der Waals surface area contributed by atoms with Crippen LogP contribution >= 0.6 is 0 Å². The standard InChI is InChI=1S/C12H11F2N3/c13-9-3-2-8(6-10(9)14)7-11(15)12-16-4-1-5-17-12/h1-6,11H,7,15H2. The Kier molecular flexibility index (Phi) is 3.39. The Morgan fingerprint density at radius 3 is 2.47 bits per heavy atom. The largest absolute Gasteiger partial charge is 0.321 e. The third-order valence-corrected chi connectivity index (χ3v) is 2.36. The average Bonchev–Trinajstić information content (AvgIpc) is 2.35. The van der Waals surface area contributed by atoms with Crippen molar-refractivity contribution in [3.8, 4) is 0 Å². The van der Waals surface area contributed by atoms with Crippen molar-refractivity contribution in [3.05, 3.63) is 59.7 Å². The van der Waals surface area contributed by atoms with Crippen LogP contribution in [0.25, 0.3) is 0 Å². The summed E-state index contributed by atoms with van der Waals surface area (Å²) in [6.45, 7) is 0. The molecule has 5 heteroatoms. The second-order valence-corrected chi connectivity index (χ2v) is 3.67. The smallest absolute Gasteiger partial charge is 0.159 e. The molecule has 2 rings (SSSR count). The van der Waals surface area contributed by atoms with Crippen LogP contribution in [0.2, 0.25) is 0 Å². The zero-order valence-electron chi connectivity index (χ0n) is 8.98. The summed E-state index contributed by atoms with van der Waals surface area (Å²) in [5.74, 6) is -1.25. The molecule has 0 bridgehead atoms. The Morgan fingerprint density at radius 2 is 1.82 bits per heavy atom. The molecule has 3 nitrogen and oxygen atoms in total. The second-order valence-electron chi connectivity index (χ2n) is 3.67. The lowest BCUT2D eigenvalue weighted by atomic mass is 10.1. The zero-order valence-corrected chi connectivity index (χ0v) is 8.98. The van der Waals surface area contributed by atoms with Gasteiger partial charge in [0.1, 0.15) is 5.82 Å². The molecule has 1 unspecified atom stereocenters. The van der Waals surface area contributed by atoms with Crippen molar-refractivity contribution in [2.24, 2.45) is 5.73 Å². The first kappa shape index (κ1) is 11.6. The van der Waals surface area contributed by atoms with Gasteiger partial charge in [-0.05, 0) is 30.2 Å². The molecule has 1 aromatic heterocycles. The van der Waals surface area contributed by atoms with E-state index in [4.69, 9.17) is 5.73 Å². The lowest BCUT2D eigenvalue weighted by molar-refractivity contribution is 0.506. The molecule has 0 aliphatic rings. The van der Waals surface area contributed by atoms with Crippen LogP contribution in [0.5, 0.6) is 0 Å². The van der Waals surface area contributed by atoms with E-state index >= 15 is 0 Å². The van der Waals surface area contributed by atoms with Crippen molar-refractivity contribution >= 4 is 0 Å². The van der Waals surface area contributed by atoms with E-state index in [1.54, 1.807) is 18.5 Å². The lowest BCUT2D eigenvalue weighted by Gasteiger charge is -2.09. The number of hydrogen-bond donors (Lipinski definition) is 1. The molecule has 0 aliphatic heterocycles. The summed E-state index contributed by atoms with van der Waals surface area (Å²) in [5, 5.41) is 0. The van der Waals surface area contributed by atoms with E-state index in [9.17, 15) is 8.78 Å². The van der Waals surface area contributed by atoms with Gasteiger partial charge in [-0.15, -0.1) is 0 Å². The summed E-state index contributed by atoms with van der Waals surface area (Å²) < 4.78 is 25.7. The molecular weight excluding hydrogens is 224 g/mol. The van der Waals surface area contributed by atoms with Crippen LogP contribution in [-0.2, 0) is 6.42 Å². The van der Waals surface area contributed by atoms with Gasteiger partial charge in [0.25, 0.3) is 0 Å². The minimum atomic E-state index is -0.872. The topological polar surface area (TPSA) is 51.8 Å². The average molecular weight is 235 g/mol. The van der Waals surface area contributed by atoms with E-state index in [1.165, 1.54) is 6.07 Å². The maximum Gasteiger partial charge on any atom is 0.159 e. The first-order chi connectivity index (χ1) is 8.16. The van der Waals surface area contributed by atoms with Crippen LogP contribution in [0, 0.1) is 11.6 Å². The van der Waals surface area contributed by atoms with Crippen LogP contribution in [0.15, 0.2) is 36.7 Å². The van der Waals surface area contributed by atoms with Crippen molar-refractivity contribution in [1.82, 2.24) is 9.97 Å². The molecule has 2 N–H and O–H groups in total. The molecule has 88 valence electrons. The number of benzene rings is 1. The van der Waals surface area contributed by atoms with Crippen molar-refractivity contribution in [2.45, 2.75) is 12.5 Å². The van der Waals surface area contributed by atoms with Crippen molar-refractivity contribution in [2.75, 3.05) is 0 Å². The molecular formula is C12H11F2N3. The molecule has 0 fully saturated rings. The summed E-state index contributed by atoms with van der Waals surface area (Å²) in [7, 11) is 0. The van der Waals surface area contributed by atoms with Crippen LogP contribution < -0.4 is 5.73 Å². The number of aromatic nitrogens is 2. The second kappa shape index (κ2) is 4.97. The maximum atomic E-state index is 13.0. The minimum absolute atomic E-state index is 0.362. The van der Waals surface area contributed by atoms with Gasteiger partial charge >= 0.3 is 0 Å².